The number of carbonyl (C=O) groups is 2. The Kier molecular flexibility index (Phi) is 8.54. The molecule has 0 fully saturated rings. The van der Waals surface area contributed by atoms with Crippen LogP contribution in [0.2, 0.25) is 0 Å². The minimum absolute atomic E-state index is 0.104. The third kappa shape index (κ3) is 6.28. The fourth-order valence-corrected chi connectivity index (χ4v) is 4.00. The molecule has 10 heteroatoms. The molecule has 0 aliphatic rings. The number of thiazole rings is 1. The summed E-state index contributed by atoms with van der Waals surface area (Å²) in [4.78, 5) is 38.0. The number of nitrogens with zero attached hydrogens (tertiary/aromatic N) is 3. The maximum Gasteiger partial charge on any atom is 0.349 e. The van der Waals surface area contributed by atoms with Crippen LogP contribution in [0.4, 0.5) is 11.4 Å². The van der Waals surface area contributed by atoms with Crippen molar-refractivity contribution in [1.29, 1.82) is 5.26 Å². The summed E-state index contributed by atoms with van der Waals surface area (Å²) in [6.07, 6.45) is 2.43. The average Bonchev–Trinajstić information content (AvgIpc) is 3.02. The molecule has 0 radical (unpaired) electrons. The molecule has 1 heterocycles. The van der Waals surface area contributed by atoms with Crippen LogP contribution in [0.1, 0.15) is 20.3 Å². The quantitative estimate of drug-likeness (QED) is 0.523. The highest BCUT2D eigenvalue weighted by atomic mass is 32.1. The molecule has 0 spiro atoms. The van der Waals surface area contributed by atoms with Crippen LogP contribution in [0, 0.1) is 11.3 Å². The summed E-state index contributed by atoms with van der Waals surface area (Å²) in [6.45, 7) is 5.11. The minimum Gasteiger partial charge on any atom is -0.477 e. The predicted molar refractivity (Wildman–Crippen MR) is 121 cm³/mol. The molecule has 0 aliphatic carbocycles. The van der Waals surface area contributed by atoms with E-state index in [1.54, 1.807) is 37.3 Å². The fourth-order valence-electron chi connectivity index (χ4n) is 2.92. The Morgan fingerprint density at radius 2 is 2.03 bits per heavy atom. The zero-order chi connectivity index (χ0) is 23.0. The van der Waals surface area contributed by atoms with Crippen molar-refractivity contribution < 1.29 is 14.7 Å². The topological polar surface area (TPSA) is 127 Å². The van der Waals surface area contributed by atoms with Crippen molar-refractivity contribution in [3.05, 3.63) is 43.8 Å². The Labute approximate surface area is 183 Å². The van der Waals surface area contributed by atoms with Gasteiger partial charge >= 0.3 is 5.97 Å². The fraction of sp³-hybridized carbons (Fsp3) is 0.333. The third-order valence-corrected chi connectivity index (χ3v) is 5.43. The number of aromatic nitrogens is 1. The van der Waals surface area contributed by atoms with Crippen LogP contribution in [0.5, 0.6) is 0 Å². The van der Waals surface area contributed by atoms with E-state index in [0.29, 0.717) is 11.4 Å². The van der Waals surface area contributed by atoms with E-state index in [9.17, 15) is 19.5 Å². The average molecular weight is 444 g/mol. The van der Waals surface area contributed by atoms with E-state index in [-0.39, 0.29) is 33.8 Å². The van der Waals surface area contributed by atoms with Gasteiger partial charge in [0.15, 0.2) is 5.57 Å². The molecular weight excluding hydrogens is 418 g/mol. The van der Waals surface area contributed by atoms with E-state index in [1.165, 1.54) is 10.8 Å². The van der Waals surface area contributed by atoms with Crippen LogP contribution in [0.15, 0.2) is 29.1 Å². The van der Waals surface area contributed by atoms with Gasteiger partial charge in [0.25, 0.3) is 5.56 Å². The molecule has 3 N–H and O–H groups in total. The van der Waals surface area contributed by atoms with Crippen molar-refractivity contribution in [2.75, 3.05) is 30.8 Å². The van der Waals surface area contributed by atoms with Crippen molar-refractivity contribution >= 4 is 46.4 Å². The zero-order valence-electron chi connectivity index (χ0n) is 17.6. The number of nitrogens with one attached hydrogen (secondary N) is 2. The van der Waals surface area contributed by atoms with Gasteiger partial charge in [0.1, 0.15) is 15.3 Å². The highest BCUT2D eigenvalue weighted by Gasteiger charge is 2.13. The van der Waals surface area contributed by atoms with E-state index < -0.39 is 11.5 Å². The normalized spacial score (nSPS) is 12.4. The number of hydrogen-bond acceptors (Lipinski definition) is 7. The number of carbonyl (C=O) groups excluding carboxylic acids is 1. The predicted octanol–water partition coefficient (Wildman–Crippen LogP) is 0.819. The van der Waals surface area contributed by atoms with Crippen LogP contribution in [-0.2, 0) is 16.1 Å². The van der Waals surface area contributed by atoms with Gasteiger partial charge in [0.05, 0.1) is 6.54 Å². The number of anilines is 2. The van der Waals surface area contributed by atoms with Gasteiger partial charge in [-0.05, 0) is 45.1 Å². The maximum absolute atomic E-state index is 12.6. The van der Waals surface area contributed by atoms with Crippen molar-refractivity contribution in [2.45, 2.75) is 26.8 Å². The molecule has 0 aliphatic heterocycles. The summed E-state index contributed by atoms with van der Waals surface area (Å²) in [5.74, 6) is -1.50. The van der Waals surface area contributed by atoms with Crippen LogP contribution >= 0.6 is 11.3 Å². The number of amides is 1. The molecule has 0 saturated heterocycles. The first kappa shape index (κ1) is 23.9. The first-order valence-electron chi connectivity index (χ1n) is 9.73. The molecule has 1 amide bonds. The van der Waals surface area contributed by atoms with E-state index in [0.717, 1.165) is 24.3 Å². The van der Waals surface area contributed by atoms with Crippen LogP contribution in [0.3, 0.4) is 0 Å². The zero-order valence-corrected chi connectivity index (χ0v) is 18.5. The summed E-state index contributed by atoms with van der Waals surface area (Å²) in [5, 5.41) is 24.2. The van der Waals surface area contributed by atoms with Crippen LogP contribution in [-0.4, -0.2) is 46.6 Å². The summed E-state index contributed by atoms with van der Waals surface area (Å²) in [5.41, 5.74) is 0.394. The van der Waals surface area contributed by atoms with Gasteiger partial charge in [-0.25, -0.2) is 4.79 Å². The number of hydrogen-bond donors (Lipinski definition) is 3. The third-order valence-electron chi connectivity index (χ3n) is 4.30. The molecule has 0 saturated carbocycles. The second kappa shape index (κ2) is 11.1. The van der Waals surface area contributed by atoms with Gasteiger partial charge in [-0.3, -0.25) is 19.1 Å². The number of aliphatic carboxylic acids is 1. The largest absolute Gasteiger partial charge is 0.477 e. The molecule has 0 unspecified atom stereocenters. The molecule has 0 bridgehead atoms. The maximum atomic E-state index is 12.6. The second-order valence-electron chi connectivity index (χ2n) is 6.77. The van der Waals surface area contributed by atoms with Crippen molar-refractivity contribution in [3.63, 3.8) is 0 Å². The van der Waals surface area contributed by atoms with Crippen LogP contribution < -0.4 is 25.4 Å². The van der Waals surface area contributed by atoms with E-state index in [2.05, 4.69) is 10.6 Å². The van der Waals surface area contributed by atoms with Gasteiger partial charge in [0.2, 0.25) is 5.91 Å². The van der Waals surface area contributed by atoms with Crippen molar-refractivity contribution in [3.8, 4) is 6.07 Å². The number of rotatable bonds is 9. The molecule has 2 aromatic rings. The van der Waals surface area contributed by atoms with E-state index in [4.69, 9.17) is 5.26 Å². The Morgan fingerprint density at radius 1 is 1.32 bits per heavy atom. The van der Waals surface area contributed by atoms with E-state index in [1.807, 2.05) is 18.9 Å². The highest BCUT2D eigenvalue weighted by molar-refractivity contribution is 7.07. The summed E-state index contributed by atoms with van der Waals surface area (Å²) >= 11 is 0.934. The molecular formula is C21H25N5O4S. The second-order valence-corrected chi connectivity index (χ2v) is 7.80. The molecule has 1 aromatic carbocycles. The highest BCUT2D eigenvalue weighted by Crippen LogP contribution is 2.15. The Bertz CT molecular complexity index is 1180. The molecule has 164 valence electrons. The molecule has 1 aromatic heterocycles. The summed E-state index contributed by atoms with van der Waals surface area (Å²) in [7, 11) is 1.88. The molecule has 0 atom stereocenters. The number of likely N-dealkylation sites (N-methyl/N-ethyl adjacent to an activating group) is 1. The standard InChI is InChI=1S/C21H25N5O4S/c1-4-9-25(3)13-18(27)24-15-8-6-7-14(10-15)23-12-17-19(28)26(5-2)20(31-17)16(11-22)21(29)30/h6-8,10,12,23H,4-5,9,13H2,1-3H3,(H,24,27)(H,29,30)/b17-12+,20-16-. The lowest BCUT2D eigenvalue weighted by atomic mass is 10.2. The number of carboxylic acids is 1. The number of benzene rings is 1. The van der Waals surface area contributed by atoms with E-state index >= 15 is 0 Å². The summed E-state index contributed by atoms with van der Waals surface area (Å²) in [6, 6.07) is 8.66. The Morgan fingerprint density at radius 3 is 2.65 bits per heavy atom. The molecule has 9 nitrogen and oxygen atoms in total. The Hall–Kier alpha value is -3.42. The lowest BCUT2D eigenvalue weighted by Crippen LogP contribution is -2.32. The van der Waals surface area contributed by atoms with Gasteiger partial charge in [0, 0.05) is 24.1 Å². The first-order chi connectivity index (χ1) is 14.8. The number of nitriles is 1. The number of carboxylic acid groups (broad SMARTS) is 1. The summed E-state index contributed by atoms with van der Waals surface area (Å²) < 4.78 is 1.63. The van der Waals surface area contributed by atoms with Gasteiger partial charge < -0.3 is 15.7 Å². The lowest BCUT2D eigenvalue weighted by Gasteiger charge is -2.15. The monoisotopic (exact) mass is 443 g/mol. The van der Waals surface area contributed by atoms with Gasteiger partial charge in [-0.1, -0.05) is 13.0 Å². The van der Waals surface area contributed by atoms with Crippen molar-refractivity contribution in [1.82, 2.24) is 9.47 Å². The Balaban J connectivity index is 2.28. The first-order valence-corrected chi connectivity index (χ1v) is 10.5. The SMILES string of the molecule is CCCN(C)CC(=O)Nc1cccc(N/C=c2/s/c(=C(/C#N)C(=O)O)n(CC)c2=O)c1. The smallest absolute Gasteiger partial charge is 0.349 e. The minimum atomic E-state index is -1.38. The van der Waals surface area contributed by atoms with Crippen molar-refractivity contribution in [2.24, 2.45) is 0 Å². The lowest BCUT2D eigenvalue weighted by molar-refractivity contribution is -0.130. The molecule has 2 rings (SSSR count). The van der Waals surface area contributed by atoms with Gasteiger partial charge in [-0.2, -0.15) is 5.26 Å². The van der Waals surface area contributed by atoms with Gasteiger partial charge in [-0.15, -0.1) is 11.3 Å². The van der Waals surface area contributed by atoms with Crippen LogP contribution in [0.25, 0.3) is 11.8 Å². The molecule has 31 heavy (non-hydrogen) atoms.